The van der Waals surface area contributed by atoms with Crippen LogP contribution in [-0.4, -0.2) is 33.6 Å². The van der Waals surface area contributed by atoms with Crippen molar-refractivity contribution < 1.29 is 9.59 Å². The van der Waals surface area contributed by atoms with Gasteiger partial charge in [-0.2, -0.15) is 0 Å². The molecule has 31 heavy (non-hydrogen) atoms. The first-order chi connectivity index (χ1) is 14.2. The van der Waals surface area contributed by atoms with Gasteiger partial charge in [-0.05, 0) is 24.8 Å². The van der Waals surface area contributed by atoms with Gasteiger partial charge in [0.2, 0.25) is 0 Å². The molecule has 4 aliphatic heterocycles. The van der Waals surface area contributed by atoms with E-state index in [0.29, 0.717) is 22.6 Å². The first-order valence-electron chi connectivity index (χ1n) is 10.0. The number of imidazole rings is 1. The third-order valence-corrected chi connectivity index (χ3v) is 6.13. The van der Waals surface area contributed by atoms with Crippen LogP contribution in [0, 0.1) is 0 Å². The monoisotopic (exact) mass is 457 g/mol. The van der Waals surface area contributed by atoms with Crippen LogP contribution in [-0.2, 0) is 29.0 Å². The first-order valence-corrected chi connectivity index (χ1v) is 10.0. The van der Waals surface area contributed by atoms with Gasteiger partial charge in [0, 0.05) is 37.5 Å². The molecule has 0 aliphatic carbocycles. The normalized spacial score (nSPS) is 18.6. The molecule has 9 heteroatoms. The predicted octanol–water partition coefficient (Wildman–Crippen LogP) is 2.81. The maximum Gasteiger partial charge on any atom is 0.261 e. The number of aliphatic imine (C=N–C) groups is 1. The average Bonchev–Trinajstić information content (AvgIpc) is 3.37. The van der Waals surface area contributed by atoms with E-state index in [1.54, 1.807) is 12.4 Å². The Morgan fingerprint density at radius 3 is 2.68 bits per heavy atom. The summed E-state index contributed by atoms with van der Waals surface area (Å²) in [5.74, 6) is 0.200. The van der Waals surface area contributed by atoms with Crippen molar-refractivity contribution >= 4 is 53.6 Å². The zero-order valence-electron chi connectivity index (χ0n) is 16.6. The molecule has 0 bridgehead atoms. The van der Waals surface area contributed by atoms with Crippen LogP contribution in [0.25, 0.3) is 5.57 Å². The number of anilines is 1. The highest BCUT2D eigenvalue weighted by Gasteiger charge is 2.38. The lowest BCUT2D eigenvalue weighted by Gasteiger charge is -2.18. The molecule has 5 heterocycles. The second kappa shape index (κ2) is 7.98. The number of benzene rings is 1. The molecule has 160 valence electrons. The minimum absolute atomic E-state index is 0. The summed E-state index contributed by atoms with van der Waals surface area (Å²) in [7, 11) is 0. The number of imide groups is 1. The Balaban J connectivity index is 0.00000116. The van der Waals surface area contributed by atoms with E-state index in [0.717, 1.165) is 55.8 Å². The van der Waals surface area contributed by atoms with Crippen molar-refractivity contribution in [2.75, 3.05) is 11.4 Å². The molecule has 0 fully saturated rings. The molecule has 4 aliphatic rings. The summed E-state index contributed by atoms with van der Waals surface area (Å²) in [4.78, 5) is 37.1. The molecular formula is C22H21Cl2N5O2. The Labute approximate surface area is 191 Å². The van der Waals surface area contributed by atoms with Crippen molar-refractivity contribution in [3.05, 3.63) is 65.0 Å². The molecule has 0 unspecified atom stereocenters. The van der Waals surface area contributed by atoms with Crippen molar-refractivity contribution in [3.63, 3.8) is 0 Å². The summed E-state index contributed by atoms with van der Waals surface area (Å²) < 4.78 is 2.08. The molecule has 2 amide bonds. The van der Waals surface area contributed by atoms with Gasteiger partial charge in [-0.1, -0.05) is 18.2 Å². The summed E-state index contributed by atoms with van der Waals surface area (Å²) in [5, 5.41) is 2.49. The van der Waals surface area contributed by atoms with E-state index in [9.17, 15) is 9.59 Å². The molecule has 0 saturated heterocycles. The molecule has 0 atom stereocenters. The SMILES string of the molecule is Cl.Cl.O=C1NC(=O)C(c2cnc3n2CCCC3)=C1C1=NC=CN2CCc3cccc1c32. The number of aryl methyl sites for hydroxylation is 1. The van der Waals surface area contributed by atoms with E-state index in [2.05, 4.69) is 30.8 Å². The van der Waals surface area contributed by atoms with Crippen LogP contribution in [0.5, 0.6) is 0 Å². The van der Waals surface area contributed by atoms with Gasteiger partial charge in [0.25, 0.3) is 11.8 Å². The highest BCUT2D eigenvalue weighted by molar-refractivity contribution is 6.47. The third-order valence-electron chi connectivity index (χ3n) is 6.13. The number of carbonyl (C=O) groups is 2. The number of nitrogens with one attached hydrogen (secondary N) is 1. The lowest BCUT2D eigenvalue weighted by Crippen LogP contribution is -2.25. The number of carbonyl (C=O) groups excluding carboxylic acids is 2. The van der Waals surface area contributed by atoms with Gasteiger partial charge in [-0.3, -0.25) is 19.9 Å². The van der Waals surface area contributed by atoms with Gasteiger partial charge in [0.15, 0.2) is 0 Å². The first kappa shape index (κ1) is 21.3. The fourth-order valence-corrected chi connectivity index (χ4v) is 4.82. The summed E-state index contributed by atoms with van der Waals surface area (Å²) in [5.41, 5.74) is 5.18. The number of hydrogen-bond acceptors (Lipinski definition) is 5. The zero-order valence-corrected chi connectivity index (χ0v) is 18.3. The standard InChI is InChI=1S/C22H19N5O2.2ClH/c28-21-17(15-12-24-16-6-1-2-9-27(15)16)18(22(29)25-21)19-14-5-3-4-13-7-10-26(20(13)14)11-8-23-19;;/h3-5,8,11-12H,1-2,6-7,9-10H2,(H,25,28,29);2*1H. The van der Waals surface area contributed by atoms with Crippen LogP contribution in [0.1, 0.15) is 35.5 Å². The molecule has 0 spiro atoms. The number of halogens is 2. The molecule has 1 N–H and O–H groups in total. The van der Waals surface area contributed by atoms with Crippen molar-refractivity contribution in [1.29, 1.82) is 0 Å². The second-order valence-corrected chi connectivity index (χ2v) is 7.73. The zero-order chi connectivity index (χ0) is 19.5. The Morgan fingerprint density at radius 1 is 0.968 bits per heavy atom. The number of hydrogen-bond donors (Lipinski definition) is 1. The van der Waals surface area contributed by atoms with Gasteiger partial charge in [0.05, 0.1) is 34.4 Å². The number of nitrogens with zero attached hydrogens (tertiary/aromatic N) is 4. The predicted molar refractivity (Wildman–Crippen MR) is 123 cm³/mol. The lowest BCUT2D eigenvalue weighted by atomic mass is 9.94. The van der Waals surface area contributed by atoms with Gasteiger partial charge >= 0.3 is 0 Å². The van der Waals surface area contributed by atoms with Crippen LogP contribution in [0.3, 0.4) is 0 Å². The van der Waals surface area contributed by atoms with Gasteiger partial charge in [-0.15, -0.1) is 24.8 Å². The molecule has 1 aromatic carbocycles. The van der Waals surface area contributed by atoms with E-state index >= 15 is 0 Å². The van der Waals surface area contributed by atoms with Crippen LogP contribution >= 0.6 is 24.8 Å². The smallest absolute Gasteiger partial charge is 0.261 e. The van der Waals surface area contributed by atoms with E-state index in [4.69, 9.17) is 0 Å². The number of amides is 2. The van der Waals surface area contributed by atoms with E-state index < -0.39 is 5.91 Å². The summed E-state index contributed by atoms with van der Waals surface area (Å²) in [6, 6.07) is 6.09. The molecule has 6 rings (SSSR count). The van der Waals surface area contributed by atoms with Gasteiger partial charge in [-0.25, -0.2) is 4.98 Å². The maximum atomic E-state index is 12.9. The van der Waals surface area contributed by atoms with Crippen molar-refractivity contribution in [1.82, 2.24) is 14.9 Å². The highest BCUT2D eigenvalue weighted by Crippen LogP contribution is 2.37. The van der Waals surface area contributed by atoms with Crippen molar-refractivity contribution in [2.24, 2.45) is 4.99 Å². The average molecular weight is 458 g/mol. The minimum Gasteiger partial charge on any atom is -0.345 e. The number of aromatic nitrogens is 2. The fraction of sp³-hybridized carbons (Fsp3) is 0.273. The molecule has 7 nitrogen and oxygen atoms in total. The highest BCUT2D eigenvalue weighted by atomic mass is 35.5. The number of para-hydroxylation sites is 1. The Kier molecular flexibility index (Phi) is 5.49. The van der Waals surface area contributed by atoms with Gasteiger partial charge < -0.3 is 9.47 Å². The maximum absolute atomic E-state index is 12.9. The molecular weight excluding hydrogens is 437 g/mol. The van der Waals surface area contributed by atoms with Crippen LogP contribution < -0.4 is 10.2 Å². The number of rotatable bonds is 2. The topological polar surface area (TPSA) is 79.6 Å². The summed E-state index contributed by atoms with van der Waals surface area (Å²) >= 11 is 0. The van der Waals surface area contributed by atoms with Crippen molar-refractivity contribution in [2.45, 2.75) is 32.2 Å². The Morgan fingerprint density at radius 2 is 1.81 bits per heavy atom. The fourth-order valence-electron chi connectivity index (χ4n) is 4.82. The molecule has 0 radical (unpaired) electrons. The van der Waals surface area contributed by atoms with Gasteiger partial charge in [0.1, 0.15) is 5.82 Å². The second-order valence-electron chi connectivity index (χ2n) is 7.73. The van der Waals surface area contributed by atoms with Crippen LogP contribution in [0.15, 0.2) is 47.4 Å². The molecule has 1 aromatic heterocycles. The third kappa shape index (κ3) is 3.11. The Hall–Kier alpha value is -2.90. The summed E-state index contributed by atoms with van der Waals surface area (Å²) in [6.07, 6.45) is 9.37. The lowest BCUT2D eigenvalue weighted by molar-refractivity contribution is -0.123. The summed E-state index contributed by atoms with van der Waals surface area (Å²) in [6.45, 7) is 1.70. The van der Waals surface area contributed by atoms with E-state index in [-0.39, 0.29) is 30.7 Å². The van der Waals surface area contributed by atoms with Crippen molar-refractivity contribution in [3.8, 4) is 0 Å². The largest absolute Gasteiger partial charge is 0.345 e. The van der Waals surface area contributed by atoms with E-state index in [1.807, 2.05) is 18.3 Å². The van der Waals surface area contributed by atoms with Crippen LogP contribution in [0.4, 0.5) is 5.69 Å². The molecule has 2 aromatic rings. The Bertz CT molecular complexity index is 1190. The number of fused-ring (bicyclic) bond motifs is 1. The van der Waals surface area contributed by atoms with E-state index in [1.165, 1.54) is 5.56 Å². The quantitative estimate of drug-likeness (QED) is 0.703. The molecule has 0 saturated carbocycles. The van der Waals surface area contributed by atoms with Crippen LogP contribution in [0.2, 0.25) is 0 Å². The minimum atomic E-state index is -0.396.